The van der Waals surface area contributed by atoms with E-state index in [0.717, 1.165) is 25.7 Å². The van der Waals surface area contributed by atoms with Crippen LogP contribution in [0.3, 0.4) is 0 Å². The molecule has 0 bridgehead atoms. The second-order valence-corrected chi connectivity index (χ2v) is 7.82. The number of ether oxygens (including phenoxy) is 2. The zero-order valence-electron chi connectivity index (χ0n) is 16.6. The molecule has 26 heavy (non-hydrogen) atoms. The Labute approximate surface area is 157 Å². The fourth-order valence-corrected chi connectivity index (χ4v) is 3.19. The van der Waals surface area contributed by atoms with Gasteiger partial charge in [0, 0.05) is 32.2 Å². The molecule has 2 saturated heterocycles. The zero-order valence-corrected chi connectivity index (χ0v) is 16.6. The summed E-state index contributed by atoms with van der Waals surface area (Å²) in [7, 11) is 0. The lowest BCUT2D eigenvalue weighted by atomic mass is 10.2. The summed E-state index contributed by atoms with van der Waals surface area (Å²) in [6.07, 6.45) is 2.28. The summed E-state index contributed by atoms with van der Waals surface area (Å²) in [4.78, 5) is 18.8. The smallest absolute Gasteiger partial charge is 0.407 e. The molecule has 2 aliphatic rings. The van der Waals surface area contributed by atoms with E-state index in [2.05, 4.69) is 25.8 Å². The molecule has 0 radical (unpaired) electrons. The molecule has 0 aliphatic carbocycles. The van der Waals surface area contributed by atoms with Crippen molar-refractivity contribution < 1.29 is 14.3 Å². The molecule has 0 spiro atoms. The number of nitrogens with zero attached hydrogens (tertiary/aromatic N) is 2. The number of morpholine rings is 1. The molecule has 150 valence electrons. The van der Waals surface area contributed by atoms with E-state index in [1.807, 2.05) is 27.7 Å². The Balaban J connectivity index is 1.68. The third-order valence-corrected chi connectivity index (χ3v) is 4.34. The Bertz CT molecular complexity index is 478. The van der Waals surface area contributed by atoms with Crippen LogP contribution >= 0.6 is 0 Å². The van der Waals surface area contributed by atoms with Gasteiger partial charge >= 0.3 is 6.09 Å². The number of guanidine groups is 1. The number of rotatable bonds is 6. The molecule has 2 atom stereocenters. The van der Waals surface area contributed by atoms with Gasteiger partial charge in [0.1, 0.15) is 5.60 Å². The van der Waals surface area contributed by atoms with Crippen molar-refractivity contribution in [2.75, 3.05) is 45.9 Å². The number of nitrogens with one attached hydrogen (secondary N) is 3. The summed E-state index contributed by atoms with van der Waals surface area (Å²) in [5, 5.41) is 9.17. The summed E-state index contributed by atoms with van der Waals surface area (Å²) in [6.45, 7) is 13.0. The van der Waals surface area contributed by atoms with Crippen molar-refractivity contribution in [3.05, 3.63) is 0 Å². The second-order valence-electron chi connectivity index (χ2n) is 7.82. The Kier molecular flexibility index (Phi) is 7.96. The Morgan fingerprint density at radius 3 is 2.77 bits per heavy atom. The highest BCUT2D eigenvalue weighted by Gasteiger charge is 2.31. The maximum atomic E-state index is 11.6. The largest absolute Gasteiger partial charge is 0.444 e. The summed E-state index contributed by atoms with van der Waals surface area (Å²) in [6, 6.07) is 0.612. The van der Waals surface area contributed by atoms with Crippen LogP contribution in [-0.4, -0.2) is 80.6 Å². The number of fused-ring (bicyclic) bond motifs is 1. The Morgan fingerprint density at radius 1 is 1.27 bits per heavy atom. The fourth-order valence-electron chi connectivity index (χ4n) is 3.19. The number of hydrogen-bond acceptors (Lipinski definition) is 5. The monoisotopic (exact) mass is 369 g/mol. The topological polar surface area (TPSA) is 87.2 Å². The van der Waals surface area contributed by atoms with Crippen LogP contribution in [0.25, 0.3) is 0 Å². The van der Waals surface area contributed by atoms with Crippen molar-refractivity contribution in [2.45, 2.75) is 58.3 Å². The van der Waals surface area contributed by atoms with E-state index < -0.39 is 11.7 Å². The number of hydrogen-bond donors (Lipinski definition) is 3. The van der Waals surface area contributed by atoms with E-state index in [0.29, 0.717) is 25.7 Å². The number of amides is 1. The molecular formula is C18H35N5O3. The van der Waals surface area contributed by atoms with E-state index in [4.69, 9.17) is 9.47 Å². The minimum atomic E-state index is -0.484. The Morgan fingerprint density at radius 2 is 2.04 bits per heavy atom. The van der Waals surface area contributed by atoms with Crippen LogP contribution < -0.4 is 16.0 Å². The summed E-state index contributed by atoms with van der Waals surface area (Å²) >= 11 is 0. The molecule has 0 aromatic carbocycles. The first-order chi connectivity index (χ1) is 12.4. The zero-order chi connectivity index (χ0) is 19.0. The predicted octanol–water partition coefficient (Wildman–Crippen LogP) is 0.929. The predicted molar refractivity (Wildman–Crippen MR) is 103 cm³/mol. The van der Waals surface area contributed by atoms with Gasteiger partial charge in [0.2, 0.25) is 0 Å². The van der Waals surface area contributed by atoms with Crippen molar-refractivity contribution in [3.8, 4) is 0 Å². The van der Waals surface area contributed by atoms with Crippen LogP contribution in [0.2, 0.25) is 0 Å². The van der Waals surface area contributed by atoms with E-state index >= 15 is 0 Å². The van der Waals surface area contributed by atoms with Gasteiger partial charge in [0.25, 0.3) is 0 Å². The van der Waals surface area contributed by atoms with Gasteiger partial charge in [-0.15, -0.1) is 0 Å². The van der Waals surface area contributed by atoms with Crippen LogP contribution in [0.5, 0.6) is 0 Å². The van der Waals surface area contributed by atoms with E-state index in [-0.39, 0.29) is 6.10 Å². The van der Waals surface area contributed by atoms with Crippen molar-refractivity contribution in [3.63, 3.8) is 0 Å². The number of carbonyl (C=O) groups excluding carboxylic acids is 1. The van der Waals surface area contributed by atoms with Crippen LogP contribution in [0.4, 0.5) is 4.79 Å². The third kappa shape index (κ3) is 7.37. The molecule has 0 saturated carbocycles. The molecular weight excluding hydrogens is 334 g/mol. The van der Waals surface area contributed by atoms with Crippen molar-refractivity contribution in [2.24, 2.45) is 4.99 Å². The van der Waals surface area contributed by atoms with Gasteiger partial charge in [-0.1, -0.05) is 0 Å². The van der Waals surface area contributed by atoms with Crippen LogP contribution in [-0.2, 0) is 9.47 Å². The first kappa shape index (κ1) is 20.8. The summed E-state index contributed by atoms with van der Waals surface area (Å²) < 4.78 is 11.2. The molecule has 0 aromatic heterocycles. The fraction of sp³-hybridized carbons (Fsp3) is 0.889. The van der Waals surface area contributed by atoms with Crippen LogP contribution in [0, 0.1) is 0 Å². The molecule has 2 heterocycles. The molecule has 0 aromatic rings. The highest BCUT2D eigenvalue weighted by molar-refractivity contribution is 5.79. The van der Waals surface area contributed by atoms with Gasteiger partial charge in [-0.3, -0.25) is 9.89 Å². The average Bonchev–Trinajstić information content (AvgIpc) is 3.02. The highest BCUT2D eigenvalue weighted by Crippen LogP contribution is 2.22. The molecule has 2 rings (SSSR count). The maximum absolute atomic E-state index is 11.6. The number of alkyl carbamates (subject to hydrolysis) is 1. The van der Waals surface area contributed by atoms with Crippen LogP contribution in [0.1, 0.15) is 40.5 Å². The quantitative estimate of drug-likeness (QED) is 0.367. The molecule has 3 N–H and O–H groups in total. The first-order valence-electron chi connectivity index (χ1n) is 9.72. The lowest BCUT2D eigenvalue weighted by molar-refractivity contribution is -0.0432. The maximum Gasteiger partial charge on any atom is 0.407 e. The number of aliphatic imine (C=N–C) groups is 1. The van der Waals surface area contributed by atoms with E-state index in [9.17, 15) is 4.79 Å². The second kappa shape index (κ2) is 9.97. The minimum Gasteiger partial charge on any atom is -0.444 e. The lowest BCUT2D eigenvalue weighted by Gasteiger charge is -2.34. The average molecular weight is 370 g/mol. The SMILES string of the molecule is CCNC(=NCC1CN2CCCC2CO1)NCCNC(=O)OC(C)(C)C. The standard InChI is InChI=1S/C18H35N5O3/c1-5-19-16(20-8-9-21-17(24)26-18(2,3)4)22-11-15-12-23-10-6-7-14(23)13-25-15/h14-15H,5-13H2,1-4H3,(H,21,24)(H2,19,20,22). The number of carbonyl (C=O) groups is 1. The molecule has 2 fully saturated rings. The molecule has 2 unspecified atom stereocenters. The summed E-state index contributed by atoms with van der Waals surface area (Å²) in [5.41, 5.74) is -0.484. The molecule has 1 amide bonds. The summed E-state index contributed by atoms with van der Waals surface area (Å²) in [5.74, 6) is 0.741. The minimum absolute atomic E-state index is 0.152. The van der Waals surface area contributed by atoms with E-state index in [1.54, 1.807) is 0 Å². The van der Waals surface area contributed by atoms with Crippen molar-refractivity contribution >= 4 is 12.1 Å². The van der Waals surface area contributed by atoms with Gasteiger partial charge in [-0.25, -0.2) is 4.79 Å². The third-order valence-electron chi connectivity index (χ3n) is 4.34. The highest BCUT2D eigenvalue weighted by atomic mass is 16.6. The van der Waals surface area contributed by atoms with Gasteiger partial charge in [-0.2, -0.15) is 0 Å². The molecule has 8 nitrogen and oxygen atoms in total. The van der Waals surface area contributed by atoms with Gasteiger partial charge in [-0.05, 0) is 47.1 Å². The van der Waals surface area contributed by atoms with Gasteiger partial charge in [0.05, 0.1) is 19.3 Å². The molecule has 8 heteroatoms. The molecule has 2 aliphatic heterocycles. The van der Waals surface area contributed by atoms with Gasteiger partial charge in [0.15, 0.2) is 5.96 Å². The van der Waals surface area contributed by atoms with Gasteiger partial charge < -0.3 is 25.4 Å². The Hall–Kier alpha value is -1.54. The van der Waals surface area contributed by atoms with Crippen LogP contribution in [0.15, 0.2) is 4.99 Å². The normalized spacial score (nSPS) is 24.1. The van der Waals surface area contributed by atoms with Crippen molar-refractivity contribution in [1.82, 2.24) is 20.9 Å². The van der Waals surface area contributed by atoms with Crippen molar-refractivity contribution in [1.29, 1.82) is 0 Å². The van der Waals surface area contributed by atoms with E-state index in [1.165, 1.54) is 19.4 Å². The first-order valence-corrected chi connectivity index (χ1v) is 9.72. The lowest BCUT2D eigenvalue weighted by Crippen LogP contribution is -2.48.